The quantitative estimate of drug-likeness (QED) is 0.710. The van der Waals surface area contributed by atoms with Crippen molar-refractivity contribution >= 4 is 11.6 Å². The Morgan fingerprint density at radius 2 is 2.16 bits per heavy atom. The van der Waals surface area contributed by atoms with Crippen LogP contribution in [0.1, 0.15) is 62.0 Å². The number of hydrogen-bond acceptors (Lipinski definition) is 6. The number of carbonyl (C=O) groups is 2. The SMILES string of the molecule is [2H]C1=CC(=O)C([2H])=C2CC[C@@H]3[C@H]([C@@H](O)C[C@@]4(C)[C@H]3C[C@H]3OC(CCC)O[C@]34C(=O)CO)[C@@]12C. The predicted octanol–water partition coefficient (Wildman–Crippen LogP) is 2.72. The zero-order chi connectivity index (χ0) is 23.9. The van der Waals surface area contributed by atoms with Crippen LogP contribution >= 0.6 is 0 Å². The summed E-state index contributed by atoms with van der Waals surface area (Å²) in [5.41, 5.74) is -2.25. The van der Waals surface area contributed by atoms with Crippen LogP contribution in [0.25, 0.3) is 0 Å². The molecular formula is C25H34O6. The van der Waals surface area contributed by atoms with Crippen molar-refractivity contribution in [1.29, 1.82) is 0 Å². The number of aliphatic hydroxyl groups excluding tert-OH is 2. The molecule has 5 rings (SSSR count). The predicted molar refractivity (Wildman–Crippen MR) is 113 cm³/mol. The molecule has 3 saturated carbocycles. The van der Waals surface area contributed by atoms with Gasteiger partial charge in [0.15, 0.2) is 23.5 Å². The van der Waals surface area contributed by atoms with E-state index in [9.17, 15) is 19.8 Å². The highest BCUT2D eigenvalue weighted by molar-refractivity contribution is 6.01. The molecule has 0 bridgehead atoms. The minimum absolute atomic E-state index is 0.00744. The Hall–Kier alpha value is -1.34. The molecule has 5 aliphatic rings. The van der Waals surface area contributed by atoms with Gasteiger partial charge in [0.25, 0.3) is 0 Å². The first-order chi connectivity index (χ1) is 15.6. The van der Waals surface area contributed by atoms with Crippen molar-refractivity contribution in [2.24, 2.45) is 28.6 Å². The van der Waals surface area contributed by atoms with Crippen LogP contribution in [0.2, 0.25) is 0 Å². The van der Waals surface area contributed by atoms with Crippen molar-refractivity contribution in [2.45, 2.75) is 83.4 Å². The number of ketones is 2. The van der Waals surface area contributed by atoms with E-state index in [2.05, 4.69) is 0 Å². The van der Waals surface area contributed by atoms with Crippen molar-refractivity contribution < 1.29 is 32.0 Å². The van der Waals surface area contributed by atoms with Gasteiger partial charge < -0.3 is 19.7 Å². The van der Waals surface area contributed by atoms with Gasteiger partial charge in [0.1, 0.15) is 6.61 Å². The Morgan fingerprint density at radius 1 is 1.39 bits per heavy atom. The number of allylic oxidation sites excluding steroid dienone is 4. The highest BCUT2D eigenvalue weighted by Gasteiger charge is 2.75. The third kappa shape index (κ3) is 2.65. The van der Waals surface area contributed by atoms with Gasteiger partial charge in [0.2, 0.25) is 0 Å². The maximum Gasteiger partial charge on any atom is 0.193 e. The summed E-state index contributed by atoms with van der Waals surface area (Å²) < 4.78 is 29.7. The van der Waals surface area contributed by atoms with E-state index < -0.39 is 47.3 Å². The number of carbonyl (C=O) groups excluding carboxylic acids is 2. The second kappa shape index (κ2) is 7.08. The van der Waals surface area contributed by atoms with Crippen molar-refractivity contribution in [3.8, 4) is 0 Å². The van der Waals surface area contributed by atoms with Gasteiger partial charge in [0.05, 0.1) is 14.9 Å². The molecule has 170 valence electrons. The molecule has 1 heterocycles. The lowest BCUT2D eigenvalue weighted by Gasteiger charge is -2.59. The van der Waals surface area contributed by atoms with Gasteiger partial charge in [0, 0.05) is 16.7 Å². The van der Waals surface area contributed by atoms with E-state index >= 15 is 0 Å². The van der Waals surface area contributed by atoms with E-state index in [4.69, 9.17) is 12.2 Å². The van der Waals surface area contributed by atoms with E-state index in [0.717, 1.165) is 6.42 Å². The number of hydrogen-bond donors (Lipinski definition) is 2. The average molecular weight is 433 g/mol. The van der Waals surface area contributed by atoms with Gasteiger partial charge >= 0.3 is 0 Å². The van der Waals surface area contributed by atoms with Crippen LogP contribution in [0.15, 0.2) is 23.8 Å². The summed E-state index contributed by atoms with van der Waals surface area (Å²) in [5.74, 6) is -1.18. The summed E-state index contributed by atoms with van der Waals surface area (Å²) in [4.78, 5) is 25.5. The molecular weight excluding hydrogens is 396 g/mol. The summed E-state index contributed by atoms with van der Waals surface area (Å²) >= 11 is 0. The molecule has 0 aromatic heterocycles. The molecule has 1 saturated heterocycles. The minimum atomic E-state index is -1.29. The summed E-state index contributed by atoms with van der Waals surface area (Å²) in [6, 6.07) is 0.113. The normalized spacial score (nSPS) is 51.9. The Bertz CT molecular complexity index is 961. The Balaban J connectivity index is 1.58. The Morgan fingerprint density at radius 3 is 2.87 bits per heavy atom. The van der Waals surface area contributed by atoms with Crippen molar-refractivity contribution in [2.75, 3.05) is 6.61 Å². The maximum atomic E-state index is 13.3. The summed E-state index contributed by atoms with van der Waals surface area (Å²) in [5, 5.41) is 21.5. The molecule has 6 nitrogen and oxygen atoms in total. The molecule has 6 heteroatoms. The molecule has 0 aromatic rings. The molecule has 0 spiro atoms. The highest BCUT2D eigenvalue weighted by Crippen LogP contribution is 2.69. The number of Topliss-reactive ketones (excluding diaryl/α,β-unsaturated/α-hetero) is 1. The molecule has 0 radical (unpaired) electrons. The number of aliphatic hydroxyl groups is 2. The van der Waals surface area contributed by atoms with Gasteiger partial charge in [-0.2, -0.15) is 0 Å². The third-order valence-electron chi connectivity index (χ3n) is 9.13. The molecule has 0 aromatic carbocycles. The lowest BCUT2D eigenvalue weighted by molar-refractivity contribution is -0.200. The standard InChI is InChI=1S/C25H34O6/c1-4-5-21-30-20-11-17-16-7-6-14-10-15(27)8-9-23(14,2)22(16)18(28)12-24(17,3)25(20,31-21)19(29)13-26/h8-10,16-18,20-22,26,28H,4-7,11-13H2,1-3H3/t16-,17-,18-,20+,21?,22+,23-,24-,25+/m0/s1/i9D,10D. The topological polar surface area (TPSA) is 93.1 Å². The second-order valence-electron chi connectivity index (χ2n) is 10.5. The molecule has 4 aliphatic carbocycles. The van der Waals surface area contributed by atoms with Crippen LogP contribution in [-0.4, -0.2) is 52.5 Å². The molecule has 4 fully saturated rings. The van der Waals surface area contributed by atoms with Crippen LogP contribution in [0.4, 0.5) is 0 Å². The minimum Gasteiger partial charge on any atom is -0.393 e. The lowest BCUT2D eigenvalue weighted by Crippen LogP contribution is -2.63. The number of ether oxygens (including phenoxy) is 2. The summed E-state index contributed by atoms with van der Waals surface area (Å²) in [6.45, 7) is 5.27. The molecule has 31 heavy (non-hydrogen) atoms. The van der Waals surface area contributed by atoms with Crippen molar-refractivity contribution in [3.05, 3.63) is 23.8 Å². The second-order valence-corrected chi connectivity index (χ2v) is 10.5. The van der Waals surface area contributed by atoms with E-state index in [1.54, 1.807) is 0 Å². The van der Waals surface area contributed by atoms with E-state index in [1.807, 2.05) is 20.8 Å². The molecule has 1 unspecified atom stereocenters. The van der Waals surface area contributed by atoms with Crippen LogP contribution in [0, 0.1) is 28.6 Å². The highest BCUT2D eigenvalue weighted by atomic mass is 16.7. The van der Waals surface area contributed by atoms with Gasteiger partial charge in [-0.15, -0.1) is 0 Å². The molecule has 9 atom stereocenters. The van der Waals surface area contributed by atoms with Gasteiger partial charge in [-0.25, -0.2) is 0 Å². The van der Waals surface area contributed by atoms with Gasteiger partial charge in [-0.1, -0.05) is 38.8 Å². The van der Waals surface area contributed by atoms with E-state index in [-0.39, 0.29) is 42.1 Å². The zero-order valence-corrected chi connectivity index (χ0v) is 18.5. The number of fused-ring (bicyclic) bond motifs is 7. The summed E-state index contributed by atoms with van der Waals surface area (Å²) in [6.07, 6.45) is 2.97. The monoisotopic (exact) mass is 432 g/mol. The molecule has 1 aliphatic heterocycles. The first-order valence-corrected chi connectivity index (χ1v) is 11.6. The first kappa shape index (κ1) is 19.2. The lowest BCUT2D eigenvalue weighted by atomic mass is 9.46. The van der Waals surface area contributed by atoms with Crippen LogP contribution in [0.3, 0.4) is 0 Å². The third-order valence-corrected chi connectivity index (χ3v) is 9.13. The van der Waals surface area contributed by atoms with Crippen molar-refractivity contribution in [1.82, 2.24) is 0 Å². The van der Waals surface area contributed by atoms with Gasteiger partial charge in [-0.3, -0.25) is 9.59 Å². The molecule has 0 amide bonds. The average Bonchev–Trinajstić information content (AvgIpc) is 3.24. The summed E-state index contributed by atoms with van der Waals surface area (Å²) in [7, 11) is 0. The Kier molecular flexibility index (Phi) is 4.37. The van der Waals surface area contributed by atoms with E-state index in [1.165, 1.54) is 6.08 Å². The fraction of sp³-hybridized carbons (Fsp3) is 0.760. The van der Waals surface area contributed by atoms with Crippen LogP contribution in [0.5, 0.6) is 0 Å². The smallest absolute Gasteiger partial charge is 0.193 e. The Labute approximate surface area is 186 Å². The zero-order valence-electron chi connectivity index (χ0n) is 20.5. The largest absolute Gasteiger partial charge is 0.393 e. The number of rotatable bonds is 4. The van der Waals surface area contributed by atoms with E-state index in [0.29, 0.717) is 31.3 Å². The first-order valence-electron chi connectivity index (χ1n) is 12.6. The van der Waals surface area contributed by atoms with Crippen LogP contribution in [-0.2, 0) is 19.1 Å². The molecule has 2 N–H and O–H groups in total. The van der Waals surface area contributed by atoms with Crippen LogP contribution < -0.4 is 0 Å². The fourth-order valence-electron chi connectivity index (χ4n) is 7.91. The maximum absolute atomic E-state index is 13.3. The fourth-order valence-corrected chi connectivity index (χ4v) is 7.91. The van der Waals surface area contributed by atoms with Gasteiger partial charge in [-0.05, 0) is 56.1 Å². The van der Waals surface area contributed by atoms with Crippen molar-refractivity contribution in [3.63, 3.8) is 0 Å².